The molecule has 14 heavy (non-hydrogen) atoms. The molecule has 0 bridgehead atoms. The van der Waals surface area contributed by atoms with E-state index in [2.05, 4.69) is 11.3 Å². The zero-order valence-electron chi connectivity index (χ0n) is 7.64. The molecule has 0 spiro atoms. The van der Waals surface area contributed by atoms with E-state index in [1.807, 2.05) is 0 Å². The molecule has 0 aromatic rings. The molecule has 1 heterocycles. The smallest absolute Gasteiger partial charge is 0.215 e. The summed E-state index contributed by atoms with van der Waals surface area (Å²) in [6, 6.07) is 0. The third kappa shape index (κ3) is 2.79. The SMILES string of the molecule is C=CCNS(=O)(=O)C1CCS(=O)(=O)C1. The molecule has 0 aromatic carbocycles. The zero-order chi connectivity index (χ0) is 10.8. The molecule has 5 nitrogen and oxygen atoms in total. The Kier molecular flexibility index (Phi) is 3.33. The second-order valence-corrected chi connectivity index (χ2v) is 7.48. The quantitative estimate of drug-likeness (QED) is 0.656. The van der Waals surface area contributed by atoms with Gasteiger partial charge in [0.1, 0.15) is 0 Å². The van der Waals surface area contributed by atoms with Crippen LogP contribution in [0.3, 0.4) is 0 Å². The second-order valence-electron chi connectivity index (χ2n) is 3.21. The lowest BCUT2D eigenvalue weighted by Gasteiger charge is -2.09. The van der Waals surface area contributed by atoms with Crippen molar-refractivity contribution < 1.29 is 16.8 Å². The van der Waals surface area contributed by atoms with Gasteiger partial charge in [-0.3, -0.25) is 0 Å². The second kappa shape index (κ2) is 4.00. The van der Waals surface area contributed by atoms with Crippen molar-refractivity contribution in [3.05, 3.63) is 12.7 Å². The first-order valence-electron chi connectivity index (χ1n) is 4.17. The number of rotatable bonds is 4. The van der Waals surface area contributed by atoms with Gasteiger partial charge in [0.2, 0.25) is 10.0 Å². The largest absolute Gasteiger partial charge is 0.229 e. The maximum Gasteiger partial charge on any atom is 0.215 e. The van der Waals surface area contributed by atoms with Crippen LogP contribution < -0.4 is 4.72 Å². The predicted octanol–water partition coefficient (Wildman–Crippen LogP) is -0.721. The van der Waals surface area contributed by atoms with E-state index in [1.54, 1.807) is 0 Å². The number of sulfone groups is 1. The summed E-state index contributed by atoms with van der Waals surface area (Å²) in [6.07, 6.45) is 1.61. The summed E-state index contributed by atoms with van der Waals surface area (Å²) in [7, 11) is -6.64. The summed E-state index contributed by atoms with van der Waals surface area (Å²) in [5.41, 5.74) is 0. The first-order valence-corrected chi connectivity index (χ1v) is 7.54. The third-order valence-corrected chi connectivity index (χ3v) is 5.89. The summed E-state index contributed by atoms with van der Waals surface area (Å²) in [5.74, 6) is -0.299. The Hall–Kier alpha value is -0.400. The van der Waals surface area contributed by atoms with Crippen LogP contribution in [0.15, 0.2) is 12.7 Å². The summed E-state index contributed by atoms with van der Waals surface area (Å²) >= 11 is 0. The highest BCUT2D eigenvalue weighted by molar-refractivity contribution is 7.95. The molecule has 1 N–H and O–H groups in total. The number of sulfonamides is 1. The van der Waals surface area contributed by atoms with Crippen molar-refractivity contribution in [1.82, 2.24) is 4.72 Å². The van der Waals surface area contributed by atoms with Crippen LogP contribution in [0, 0.1) is 0 Å². The van der Waals surface area contributed by atoms with Crippen LogP contribution in [0.4, 0.5) is 0 Å². The summed E-state index contributed by atoms with van der Waals surface area (Å²) in [6.45, 7) is 3.51. The van der Waals surface area contributed by atoms with Gasteiger partial charge < -0.3 is 0 Å². The Morgan fingerprint density at radius 2 is 2.14 bits per heavy atom. The van der Waals surface area contributed by atoms with E-state index in [9.17, 15) is 16.8 Å². The minimum atomic E-state index is -3.49. The molecular weight excluding hydrogens is 226 g/mol. The minimum absolute atomic E-state index is 0.0351. The van der Waals surface area contributed by atoms with E-state index in [0.29, 0.717) is 0 Å². The molecule has 1 unspecified atom stereocenters. The maximum absolute atomic E-state index is 11.5. The van der Waals surface area contributed by atoms with Gasteiger partial charge in [0.05, 0.1) is 16.8 Å². The summed E-state index contributed by atoms with van der Waals surface area (Å²) in [4.78, 5) is 0. The minimum Gasteiger partial charge on any atom is -0.229 e. The molecule has 0 radical (unpaired) electrons. The molecule has 7 heteroatoms. The molecule has 1 aliphatic heterocycles. The average molecular weight is 239 g/mol. The monoisotopic (exact) mass is 239 g/mol. The van der Waals surface area contributed by atoms with Crippen molar-refractivity contribution in [1.29, 1.82) is 0 Å². The van der Waals surface area contributed by atoms with Crippen molar-refractivity contribution in [2.75, 3.05) is 18.1 Å². The van der Waals surface area contributed by atoms with E-state index in [4.69, 9.17) is 0 Å². The van der Waals surface area contributed by atoms with Crippen molar-refractivity contribution in [2.24, 2.45) is 0 Å². The van der Waals surface area contributed by atoms with Crippen LogP contribution in [0.2, 0.25) is 0 Å². The molecule has 82 valence electrons. The third-order valence-electron chi connectivity index (χ3n) is 2.06. The molecule has 0 saturated carbocycles. The van der Waals surface area contributed by atoms with Crippen LogP contribution in [0.25, 0.3) is 0 Å². The Bertz CT molecular complexity index is 409. The van der Waals surface area contributed by atoms with E-state index < -0.39 is 25.1 Å². The molecule has 1 aliphatic rings. The Labute approximate surface area is 84.2 Å². The maximum atomic E-state index is 11.5. The molecule has 1 saturated heterocycles. The number of hydrogen-bond donors (Lipinski definition) is 1. The molecule has 0 aromatic heterocycles. The van der Waals surface area contributed by atoms with Crippen molar-refractivity contribution in [3.8, 4) is 0 Å². The Morgan fingerprint density at radius 3 is 2.57 bits per heavy atom. The van der Waals surface area contributed by atoms with Crippen LogP contribution >= 0.6 is 0 Å². The number of hydrogen-bond acceptors (Lipinski definition) is 4. The van der Waals surface area contributed by atoms with Gasteiger partial charge in [-0.05, 0) is 6.42 Å². The van der Waals surface area contributed by atoms with Gasteiger partial charge in [-0.1, -0.05) is 6.08 Å². The fraction of sp³-hybridized carbons (Fsp3) is 0.714. The van der Waals surface area contributed by atoms with E-state index in [-0.39, 0.29) is 24.5 Å². The highest BCUT2D eigenvalue weighted by Gasteiger charge is 2.36. The van der Waals surface area contributed by atoms with E-state index >= 15 is 0 Å². The van der Waals surface area contributed by atoms with Crippen molar-refractivity contribution >= 4 is 19.9 Å². The molecule has 1 rings (SSSR count). The molecular formula is C7H13NO4S2. The molecule has 0 aliphatic carbocycles. The van der Waals surface area contributed by atoms with Gasteiger partial charge in [-0.25, -0.2) is 21.6 Å². The Balaban J connectivity index is 2.71. The van der Waals surface area contributed by atoms with Gasteiger partial charge >= 0.3 is 0 Å². The first-order chi connectivity index (χ1) is 6.37. The lowest BCUT2D eigenvalue weighted by molar-refractivity contribution is 0.572. The molecule has 1 atom stereocenters. The van der Waals surface area contributed by atoms with Crippen LogP contribution in [-0.2, 0) is 19.9 Å². The average Bonchev–Trinajstić information content (AvgIpc) is 2.43. The van der Waals surface area contributed by atoms with Crippen LogP contribution in [0.1, 0.15) is 6.42 Å². The van der Waals surface area contributed by atoms with Gasteiger partial charge in [0.25, 0.3) is 0 Å². The highest BCUT2D eigenvalue weighted by Crippen LogP contribution is 2.17. The van der Waals surface area contributed by atoms with E-state index in [0.717, 1.165) is 0 Å². The highest BCUT2D eigenvalue weighted by atomic mass is 32.2. The van der Waals surface area contributed by atoms with Gasteiger partial charge in [0.15, 0.2) is 9.84 Å². The van der Waals surface area contributed by atoms with Gasteiger partial charge in [-0.2, -0.15) is 0 Å². The fourth-order valence-corrected chi connectivity index (χ4v) is 5.34. The van der Waals surface area contributed by atoms with Gasteiger partial charge in [0, 0.05) is 6.54 Å². The summed E-state index contributed by atoms with van der Waals surface area (Å²) in [5, 5.41) is -0.799. The lowest BCUT2D eigenvalue weighted by Crippen LogP contribution is -2.35. The predicted molar refractivity (Wildman–Crippen MR) is 54.2 cm³/mol. The van der Waals surface area contributed by atoms with Crippen molar-refractivity contribution in [3.63, 3.8) is 0 Å². The fourth-order valence-electron chi connectivity index (χ4n) is 1.30. The topological polar surface area (TPSA) is 80.3 Å². The molecule has 0 amide bonds. The summed E-state index contributed by atoms with van der Waals surface area (Å²) < 4.78 is 47.3. The van der Waals surface area contributed by atoms with Crippen LogP contribution in [-0.4, -0.2) is 40.1 Å². The number of nitrogens with one attached hydrogen (secondary N) is 1. The Morgan fingerprint density at radius 1 is 1.50 bits per heavy atom. The van der Waals surface area contributed by atoms with Gasteiger partial charge in [-0.15, -0.1) is 6.58 Å². The molecule has 1 fully saturated rings. The van der Waals surface area contributed by atoms with Crippen LogP contribution in [0.5, 0.6) is 0 Å². The first kappa shape index (κ1) is 11.7. The normalized spacial score (nSPS) is 26.1. The lowest BCUT2D eigenvalue weighted by atomic mass is 10.4. The zero-order valence-corrected chi connectivity index (χ0v) is 9.27. The van der Waals surface area contributed by atoms with E-state index in [1.165, 1.54) is 6.08 Å². The standard InChI is InChI=1S/C7H13NO4S2/c1-2-4-8-14(11,12)7-3-5-13(9,10)6-7/h2,7-8H,1,3-6H2. The van der Waals surface area contributed by atoms with Crippen molar-refractivity contribution in [2.45, 2.75) is 11.7 Å².